The normalized spacial score (nSPS) is 24.2. The van der Waals surface area contributed by atoms with Gasteiger partial charge in [-0.1, -0.05) is 32.3 Å². The van der Waals surface area contributed by atoms with Crippen molar-refractivity contribution >= 4 is 0 Å². The molecule has 0 aliphatic heterocycles. The lowest BCUT2D eigenvalue weighted by Gasteiger charge is -2.28. The van der Waals surface area contributed by atoms with E-state index in [1.54, 1.807) is 12.1 Å². The predicted octanol–water partition coefficient (Wildman–Crippen LogP) is 4.55. The molecule has 0 saturated heterocycles. The fourth-order valence-electron chi connectivity index (χ4n) is 3.31. The lowest BCUT2D eigenvalue weighted by molar-refractivity contribution is 0.409. The molecule has 2 rings (SSSR count). The van der Waals surface area contributed by atoms with Gasteiger partial charge in [0, 0.05) is 6.04 Å². The van der Waals surface area contributed by atoms with E-state index in [2.05, 4.69) is 12.2 Å². The molecular formula is C17H26FN. The Morgan fingerprint density at radius 1 is 1.21 bits per heavy atom. The van der Waals surface area contributed by atoms with Crippen LogP contribution in [0.3, 0.4) is 0 Å². The zero-order valence-electron chi connectivity index (χ0n) is 12.2. The number of hydrogen-bond donors (Lipinski definition) is 1. The van der Waals surface area contributed by atoms with Gasteiger partial charge in [-0.05, 0) is 61.9 Å². The maximum absolute atomic E-state index is 13.3. The van der Waals surface area contributed by atoms with Crippen molar-refractivity contribution in [2.75, 3.05) is 6.54 Å². The summed E-state index contributed by atoms with van der Waals surface area (Å²) in [4.78, 5) is 0. The second kappa shape index (κ2) is 7.04. The molecule has 0 spiro atoms. The summed E-state index contributed by atoms with van der Waals surface area (Å²) in [5.74, 6) is 0.433. The summed E-state index contributed by atoms with van der Waals surface area (Å²) in [6, 6.07) is 5.86. The molecule has 0 radical (unpaired) electrons. The quantitative estimate of drug-likeness (QED) is 0.786. The van der Waals surface area contributed by atoms with Crippen LogP contribution >= 0.6 is 0 Å². The van der Waals surface area contributed by atoms with Crippen LogP contribution in [0.1, 0.15) is 62.5 Å². The van der Waals surface area contributed by atoms with Crippen LogP contribution in [0.4, 0.5) is 4.39 Å². The maximum Gasteiger partial charge on any atom is 0.123 e. The highest BCUT2D eigenvalue weighted by atomic mass is 19.1. The van der Waals surface area contributed by atoms with Crippen LogP contribution in [0.2, 0.25) is 0 Å². The van der Waals surface area contributed by atoms with Crippen LogP contribution in [0.15, 0.2) is 18.2 Å². The van der Waals surface area contributed by atoms with Gasteiger partial charge in [0.15, 0.2) is 0 Å². The molecule has 1 fully saturated rings. The SMILES string of the molecule is CCCNC1CCCCCC1c1ccc(F)cc1C. The van der Waals surface area contributed by atoms with Crippen molar-refractivity contribution in [3.05, 3.63) is 35.1 Å². The highest BCUT2D eigenvalue weighted by Gasteiger charge is 2.25. The van der Waals surface area contributed by atoms with Gasteiger partial charge in [-0.2, -0.15) is 0 Å². The van der Waals surface area contributed by atoms with Crippen LogP contribution in [-0.4, -0.2) is 12.6 Å². The summed E-state index contributed by atoms with van der Waals surface area (Å²) in [7, 11) is 0. The third-order valence-corrected chi connectivity index (χ3v) is 4.30. The maximum atomic E-state index is 13.3. The Bertz CT molecular complexity index is 402. The zero-order valence-corrected chi connectivity index (χ0v) is 12.2. The molecule has 2 unspecified atom stereocenters. The van der Waals surface area contributed by atoms with E-state index in [0.717, 1.165) is 12.1 Å². The summed E-state index contributed by atoms with van der Waals surface area (Å²) < 4.78 is 13.3. The van der Waals surface area contributed by atoms with Gasteiger partial charge in [0.05, 0.1) is 0 Å². The highest BCUT2D eigenvalue weighted by molar-refractivity contribution is 5.31. The first-order chi connectivity index (χ1) is 9.22. The van der Waals surface area contributed by atoms with E-state index < -0.39 is 0 Å². The fraction of sp³-hybridized carbons (Fsp3) is 0.647. The van der Waals surface area contributed by atoms with Crippen LogP contribution < -0.4 is 5.32 Å². The number of hydrogen-bond acceptors (Lipinski definition) is 1. The second-order valence-corrected chi connectivity index (χ2v) is 5.81. The molecule has 0 amide bonds. The summed E-state index contributed by atoms with van der Waals surface area (Å²) in [6.07, 6.45) is 7.60. The summed E-state index contributed by atoms with van der Waals surface area (Å²) in [6.45, 7) is 5.34. The Balaban J connectivity index is 2.20. The number of halogens is 1. The smallest absolute Gasteiger partial charge is 0.123 e. The number of rotatable bonds is 4. The summed E-state index contributed by atoms with van der Waals surface area (Å²) >= 11 is 0. The minimum Gasteiger partial charge on any atom is -0.313 e. The van der Waals surface area contributed by atoms with E-state index in [0.29, 0.717) is 12.0 Å². The van der Waals surface area contributed by atoms with E-state index >= 15 is 0 Å². The van der Waals surface area contributed by atoms with Crippen LogP contribution in [-0.2, 0) is 0 Å². The molecule has 0 aromatic heterocycles. The number of aryl methyl sites for hydroxylation is 1. The molecule has 1 aromatic rings. The molecule has 0 bridgehead atoms. The van der Waals surface area contributed by atoms with Crippen molar-refractivity contribution in [1.82, 2.24) is 5.32 Å². The van der Waals surface area contributed by atoms with E-state index in [1.165, 1.54) is 44.1 Å². The van der Waals surface area contributed by atoms with Gasteiger partial charge >= 0.3 is 0 Å². The average Bonchev–Trinajstić information content (AvgIpc) is 2.62. The Morgan fingerprint density at radius 3 is 2.74 bits per heavy atom. The van der Waals surface area contributed by atoms with Crippen molar-refractivity contribution in [2.45, 2.75) is 64.3 Å². The lowest BCUT2D eigenvalue weighted by Crippen LogP contribution is -2.35. The second-order valence-electron chi connectivity index (χ2n) is 5.81. The molecule has 1 aromatic carbocycles. The van der Waals surface area contributed by atoms with E-state index in [1.807, 2.05) is 13.0 Å². The molecule has 106 valence electrons. The standard InChI is InChI=1S/C17H26FN/c1-3-11-19-17-8-6-4-5-7-16(17)15-10-9-14(18)12-13(15)2/h9-10,12,16-17,19H,3-8,11H2,1-2H3. The Labute approximate surface area is 116 Å². The number of benzene rings is 1. The van der Waals surface area contributed by atoms with Crippen LogP contribution in [0.25, 0.3) is 0 Å². The molecule has 1 nitrogen and oxygen atoms in total. The van der Waals surface area contributed by atoms with Gasteiger partial charge in [-0.3, -0.25) is 0 Å². The van der Waals surface area contributed by atoms with Gasteiger partial charge in [0.1, 0.15) is 5.82 Å². The van der Waals surface area contributed by atoms with Crippen LogP contribution in [0, 0.1) is 12.7 Å². The molecule has 0 heterocycles. The van der Waals surface area contributed by atoms with Crippen molar-refractivity contribution < 1.29 is 4.39 Å². The minimum absolute atomic E-state index is 0.118. The Kier molecular flexibility index (Phi) is 5.38. The molecule has 2 atom stereocenters. The zero-order chi connectivity index (χ0) is 13.7. The van der Waals surface area contributed by atoms with E-state index in [-0.39, 0.29) is 5.82 Å². The largest absolute Gasteiger partial charge is 0.313 e. The van der Waals surface area contributed by atoms with Gasteiger partial charge in [0.2, 0.25) is 0 Å². The molecule has 1 aliphatic carbocycles. The first-order valence-corrected chi connectivity index (χ1v) is 7.71. The van der Waals surface area contributed by atoms with Gasteiger partial charge in [-0.15, -0.1) is 0 Å². The molecular weight excluding hydrogens is 237 g/mol. The molecule has 1 saturated carbocycles. The van der Waals surface area contributed by atoms with Crippen LogP contribution in [0.5, 0.6) is 0 Å². The molecule has 1 aliphatic rings. The van der Waals surface area contributed by atoms with Gasteiger partial charge < -0.3 is 5.32 Å². The molecule has 1 N–H and O–H groups in total. The first kappa shape index (κ1) is 14.5. The van der Waals surface area contributed by atoms with Crippen molar-refractivity contribution in [3.8, 4) is 0 Å². The fourth-order valence-corrected chi connectivity index (χ4v) is 3.31. The minimum atomic E-state index is -0.118. The predicted molar refractivity (Wildman–Crippen MR) is 79.0 cm³/mol. The van der Waals surface area contributed by atoms with Crippen molar-refractivity contribution in [2.24, 2.45) is 0 Å². The van der Waals surface area contributed by atoms with Gasteiger partial charge in [-0.25, -0.2) is 4.39 Å². The first-order valence-electron chi connectivity index (χ1n) is 7.71. The van der Waals surface area contributed by atoms with Crippen molar-refractivity contribution in [3.63, 3.8) is 0 Å². The topological polar surface area (TPSA) is 12.0 Å². The summed E-state index contributed by atoms with van der Waals surface area (Å²) in [5.41, 5.74) is 2.45. The van der Waals surface area contributed by atoms with Crippen molar-refractivity contribution in [1.29, 1.82) is 0 Å². The van der Waals surface area contributed by atoms with Gasteiger partial charge in [0.25, 0.3) is 0 Å². The summed E-state index contributed by atoms with van der Waals surface area (Å²) in [5, 5.41) is 3.71. The highest BCUT2D eigenvalue weighted by Crippen LogP contribution is 2.34. The lowest BCUT2D eigenvalue weighted by atomic mass is 9.85. The van der Waals surface area contributed by atoms with E-state index in [9.17, 15) is 4.39 Å². The Morgan fingerprint density at radius 2 is 2.00 bits per heavy atom. The third-order valence-electron chi connectivity index (χ3n) is 4.30. The third kappa shape index (κ3) is 3.79. The monoisotopic (exact) mass is 263 g/mol. The Hall–Kier alpha value is -0.890. The average molecular weight is 263 g/mol. The van der Waals surface area contributed by atoms with E-state index in [4.69, 9.17) is 0 Å². The molecule has 19 heavy (non-hydrogen) atoms. The number of nitrogens with one attached hydrogen (secondary N) is 1. The molecule has 2 heteroatoms.